The Hall–Kier alpha value is -2.06. The maximum Gasteiger partial charge on any atom is 0.115 e. The van der Waals surface area contributed by atoms with E-state index in [9.17, 15) is 5.11 Å². The Kier molecular flexibility index (Phi) is 5.06. The van der Waals surface area contributed by atoms with Crippen LogP contribution in [-0.2, 0) is 11.8 Å². The molecule has 0 spiro atoms. The van der Waals surface area contributed by atoms with Gasteiger partial charge in [-0.2, -0.15) is 0 Å². The van der Waals surface area contributed by atoms with Gasteiger partial charge in [0, 0.05) is 6.04 Å². The van der Waals surface area contributed by atoms with Crippen molar-refractivity contribution in [1.82, 2.24) is 5.32 Å². The summed E-state index contributed by atoms with van der Waals surface area (Å²) < 4.78 is 0. The predicted molar refractivity (Wildman–Crippen MR) is 101 cm³/mol. The second kappa shape index (κ2) is 7.23. The van der Waals surface area contributed by atoms with Crippen LogP contribution in [0.15, 0.2) is 54.6 Å². The largest absolute Gasteiger partial charge is 0.508 e. The van der Waals surface area contributed by atoms with Gasteiger partial charge in [0.15, 0.2) is 0 Å². The molecule has 0 heterocycles. The number of rotatable bonds is 6. The van der Waals surface area contributed by atoms with E-state index in [4.69, 9.17) is 0 Å². The SMILES string of the molecule is CC(CC1(C)CC=Cc2ccccc21)NCCc1ccc(O)cc1. The van der Waals surface area contributed by atoms with E-state index >= 15 is 0 Å². The number of hydrogen-bond donors (Lipinski definition) is 2. The van der Waals surface area contributed by atoms with E-state index in [1.54, 1.807) is 12.1 Å². The summed E-state index contributed by atoms with van der Waals surface area (Å²) in [6, 6.07) is 16.7. The van der Waals surface area contributed by atoms with Crippen molar-refractivity contribution in [3.05, 3.63) is 71.3 Å². The molecule has 2 heteroatoms. The third-order valence-electron chi connectivity index (χ3n) is 5.08. The molecular weight excluding hydrogens is 294 g/mol. The molecule has 0 radical (unpaired) electrons. The maximum atomic E-state index is 9.34. The Balaban J connectivity index is 1.56. The Bertz CT molecular complexity index is 704. The van der Waals surface area contributed by atoms with Gasteiger partial charge in [0.1, 0.15) is 5.75 Å². The molecule has 3 rings (SSSR count). The standard InChI is InChI=1S/C22H27NO/c1-17(23-15-13-18-9-11-20(24)12-10-18)16-22(2)14-5-7-19-6-3-4-8-21(19)22/h3-12,17,23-24H,13-16H2,1-2H3. The van der Waals surface area contributed by atoms with Crippen molar-refractivity contribution < 1.29 is 5.11 Å². The van der Waals surface area contributed by atoms with E-state index in [0.717, 1.165) is 25.8 Å². The molecule has 0 amide bonds. The lowest BCUT2D eigenvalue weighted by Gasteiger charge is -2.36. The van der Waals surface area contributed by atoms with Gasteiger partial charge in [0.2, 0.25) is 0 Å². The third kappa shape index (κ3) is 3.88. The van der Waals surface area contributed by atoms with Gasteiger partial charge in [0.05, 0.1) is 0 Å². The normalized spacial score (nSPS) is 20.6. The van der Waals surface area contributed by atoms with Crippen molar-refractivity contribution in [3.63, 3.8) is 0 Å². The monoisotopic (exact) mass is 321 g/mol. The highest BCUT2D eigenvalue weighted by atomic mass is 16.3. The van der Waals surface area contributed by atoms with Crippen LogP contribution < -0.4 is 5.32 Å². The molecule has 1 aliphatic carbocycles. The van der Waals surface area contributed by atoms with Gasteiger partial charge in [-0.15, -0.1) is 0 Å². The first-order valence-corrected chi connectivity index (χ1v) is 8.84. The van der Waals surface area contributed by atoms with Gasteiger partial charge in [-0.3, -0.25) is 0 Å². The molecule has 0 bridgehead atoms. The van der Waals surface area contributed by atoms with Crippen LogP contribution in [0, 0.1) is 0 Å². The van der Waals surface area contributed by atoms with Crippen molar-refractivity contribution in [3.8, 4) is 5.75 Å². The number of aromatic hydroxyl groups is 1. The molecule has 0 aliphatic heterocycles. The quantitative estimate of drug-likeness (QED) is 0.810. The molecule has 1 aliphatic rings. The Morgan fingerprint density at radius 3 is 2.67 bits per heavy atom. The van der Waals surface area contributed by atoms with Crippen molar-refractivity contribution in [1.29, 1.82) is 0 Å². The lowest BCUT2D eigenvalue weighted by atomic mass is 9.70. The molecular formula is C22H27NO. The summed E-state index contributed by atoms with van der Waals surface area (Å²) >= 11 is 0. The van der Waals surface area contributed by atoms with E-state index in [1.807, 2.05) is 12.1 Å². The highest BCUT2D eigenvalue weighted by Crippen LogP contribution is 2.38. The molecule has 2 atom stereocenters. The maximum absolute atomic E-state index is 9.34. The first kappa shape index (κ1) is 16.8. The minimum absolute atomic E-state index is 0.205. The minimum Gasteiger partial charge on any atom is -0.508 e. The van der Waals surface area contributed by atoms with Crippen molar-refractivity contribution in [2.24, 2.45) is 0 Å². The molecule has 0 saturated heterocycles. The number of benzene rings is 2. The van der Waals surface area contributed by atoms with Gasteiger partial charge >= 0.3 is 0 Å². The summed E-state index contributed by atoms with van der Waals surface area (Å²) in [5.74, 6) is 0.331. The van der Waals surface area contributed by atoms with Gasteiger partial charge in [-0.25, -0.2) is 0 Å². The second-order valence-electron chi connectivity index (χ2n) is 7.23. The van der Waals surface area contributed by atoms with Crippen LogP contribution in [0.1, 0.15) is 43.4 Å². The van der Waals surface area contributed by atoms with E-state index in [1.165, 1.54) is 16.7 Å². The number of nitrogens with one attached hydrogen (secondary N) is 1. The van der Waals surface area contributed by atoms with Crippen LogP contribution in [0.25, 0.3) is 6.08 Å². The summed E-state index contributed by atoms with van der Waals surface area (Å²) in [7, 11) is 0. The minimum atomic E-state index is 0.205. The van der Waals surface area contributed by atoms with Gasteiger partial charge in [-0.1, -0.05) is 55.5 Å². The lowest BCUT2D eigenvalue weighted by Crippen LogP contribution is -2.36. The summed E-state index contributed by atoms with van der Waals surface area (Å²) in [4.78, 5) is 0. The highest BCUT2D eigenvalue weighted by Gasteiger charge is 2.30. The molecule has 0 aromatic heterocycles. The zero-order valence-corrected chi connectivity index (χ0v) is 14.6. The van der Waals surface area contributed by atoms with Crippen molar-refractivity contribution >= 4 is 6.08 Å². The molecule has 2 unspecified atom stereocenters. The summed E-state index contributed by atoms with van der Waals surface area (Å²) in [6.07, 6.45) is 7.78. The average Bonchev–Trinajstić information content (AvgIpc) is 2.57. The fourth-order valence-electron chi connectivity index (χ4n) is 3.81. The number of fused-ring (bicyclic) bond motifs is 1. The Morgan fingerprint density at radius 1 is 1.12 bits per heavy atom. The highest BCUT2D eigenvalue weighted by molar-refractivity contribution is 5.59. The molecule has 2 aromatic carbocycles. The number of phenolic OH excluding ortho intramolecular Hbond substituents is 1. The van der Waals surface area contributed by atoms with Gasteiger partial charge in [-0.05, 0) is 67.0 Å². The summed E-state index contributed by atoms with van der Waals surface area (Å²) in [6.45, 7) is 5.62. The fourth-order valence-corrected chi connectivity index (χ4v) is 3.81. The zero-order valence-electron chi connectivity index (χ0n) is 14.6. The lowest BCUT2D eigenvalue weighted by molar-refractivity contribution is 0.364. The van der Waals surface area contributed by atoms with Gasteiger partial charge < -0.3 is 10.4 Å². The van der Waals surface area contributed by atoms with Gasteiger partial charge in [0.25, 0.3) is 0 Å². The molecule has 24 heavy (non-hydrogen) atoms. The molecule has 2 nitrogen and oxygen atoms in total. The first-order chi connectivity index (χ1) is 11.6. The predicted octanol–water partition coefficient (Wildman–Crippen LogP) is 4.68. The van der Waals surface area contributed by atoms with E-state index in [2.05, 4.69) is 55.6 Å². The van der Waals surface area contributed by atoms with Crippen molar-refractivity contribution in [2.75, 3.05) is 6.54 Å². The van der Waals surface area contributed by atoms with E-state index < -0.39 is 0 Å². The fraction of sp³-hybridized carbons (Fsp3) is 0.364. The molecule has 0 saturated carbocycles. The Labute approximate surface area is 145 Å². The second-order valence-corrected chi connectivity index (χ2v) is 7.23. The molecule has 0 fully saturated rings. The smallest absolute Gasteiger partial charge is 0.115 e. The number of allylic oxidation sites excluding steroid dienone is 1. The zero-order chi connectivity index (χ0) is 17.0. The van der Waals surface area contributed by atoms with Crippen LogP contribution in [0.4, 0.5) is 0 Å². The van der Waals surface area contributed by atoms with Crippen molar-refractivity contribution in [2.45, 2.75) is 44.6 Å². The molecule has 2 aromatic rings. The third-order valence-corrected chi connectivity index (χ3v) is 5.08. The van der Waals surface area contributed by atoms with E-state index in [0.29, 0.717) is 11.8 Å². The molecule has 126 valence electrons. The van der Waals surface area contributed by atoms with Crippen LogP contribution in [0.5, 0.6) is 5.75 Å². The summed E-state index contributed by atoms with van der Waals surface area (Å²) in [5.41, 5.74) is 4.29. The summed E-state index contributed by atoms with van der Waals surface area (Å²) in [5, 5.41) is 13.0. The van der Waals surface area contributed by atoms with Crippen LogP contribution in [0.2, 0.25) is 0 Å². The number of hydrogen-bond acceptors (Lipinski definition) is 2. The van der Waals surface area contributed by atoms with Crippen LogP contribution in [-0.4, -0.2) is 17.7 Å². The molecule has 2 N–H and O–H groups in total. The number of phenols is 1. The van der Waals surface area contributed by atoms with Crippen LogP contribution >= 0.6 is 0 Å². The Morgan fingerprint density at radius 2 is 1.88 bits per heavy atom. The topological polar surface area (TPSA) is 32.3 Å². The first-order valence-electron chi connectivity index (χ1n) is 8.84. The van der Waals surface area contributed by atoms with Crippen LogP contribution in [0.3, 0.4) is 0 Å². The average molecular weight is 321 g/mol. The van der Waals surface area contributed by atoms with E-state index in [-0.39, 0.29) is 5.41 Å².